The zero-order chi connectivity index (χ0) is 14.0. The van der Waals surface area contributed by atoms with E-state index in [4.69, 9.17) is 28.9 Å². The van der Waals surface area contributed by atoms with Crippen LogP contribution in [0.15, 0.2) is 36.4 Å². The van der Waals surface area contributed by atoms with Crippen LogP contribution in [0, 0.1) is 5.82 Å². The molecule has 0 aliphatic carbocycles. The number of rotatable bonds is 2. The van der Waals surface area contributed by atoms with Crippen LogP contribution in [-0.4, -0.2) is 5.91 Å². The lowest BCUT2D eigenvalue weighted by Gasteiger charge is -2.09. The summed E-state index contributed by atoms with van der Waals surface area (Å²) in [7, 11) is 0. The lowest BCUT2D eigenvalue weighted by Crippen LogP contribution is -2.13. The zero-order valence-corrected chi connectivity index (χ0v) is 11.1. The number of benzene rings is 2. The number of carbonyl (C=O) groups excluding carboxylic acids is 1. The van der Waals surface area contributed by atoms with Crippen molar-refractivity contribution in [2.24, 2.45) is 0 Å². The molecule has 2 aromatic rings. The molecule has 19 heavy (non-hydrogen) atoms. The standard InChI is InChI=1S/C13H9Cl2FN2O/c14-11-6-8(17)5-10(12(11)15)13(19)18-9-3-1-2-7(16)4-9/h1-6H,17H2,(H,18,19). The first-order valence-electron chi connectivity index (χ1n) is 5.29. The molecule has 98 valence electrons. The number of halogens is 3. The van der Waals surface area contributed by atoms with E-state index in [1.54, 1.807) is 6.07 Å². The Morgan fingerprint density at radius 2 is 1.95 bits per heavy atom. The van der Waals surface area contributed by atoms with Crippen molar-refractivity contribution in [3.05, 3.63) is 57.8 Å². The summed E-state index contributed by atoms with van der Waals surface area (Å²) in [4.78, 5) is 12.0. The number of hydrogen-bond acceptors (Lipinski definition) is 2. The molecule has 0 radical (unpaired) electrons. The first-order valence-corrected chi connectivity index (χ1v) is 6.04. The van der Waals surface area contributed by atoms with E-state index in [0.717, 1.165) is 0 Å². The van der Waals surface area contributed by atoms with Gasteiger partial charge in [-0.15, -0.1) is 0 Å². The summed E-state index contributed by atoms with van der Waals surface area (Å²) >= 11 is 11.8. The van der Waals surface area contributed by atoms with Crippen LogP contribution >= 0.6 is 23.2 Å². The highest BCUT2D eigenvalue weighted by Crippen LogP contribution is 2.29. The van der Waals surface area contributed by atoms with Crippen molar-refractivity contribution >= 4 is 40.5 Å². The third kappa shape index (κ3) is 3.16. The third-order valence-electron chi connectivity index (χ3n) is 2.38. The minimum Gasteiger partial charge on any atom is -0.399 e. The molecule has 0 aliphatic rings. The van der Waals surface area contributed by atoms with Crippen LogP contribution in [0.1, 0.15) is 10.4 Å². The van der Waals surface area contributed by atoms with Crippen molar-refractivity contribution in [1.29, 1.82) is 0 Å². The number of amides is 1. The molecule has 2 rings (SSSR count). The number of hydrogen-bond donors (Lipinski definition) is 2. The predicted octanol–water partition coefficient (Wildman–Crippen LogP) is 3.97. The summed E-state index contributed by atoms with van der Waals surface area (Å²) in [5.74, 6) is -0.959. The molecule has 0 saturated carbocycles. The van der Waals surface area contributed by atoms with E-state index in [2.05, 4.69) is 5.32 Å². The Balaban J connectivity index is 2.30. The quantitative estimate of drug-likeness (QED) is 0.824. The topological polar surface area (TPSA) is 55.1 Å². The Morgan fingerprint density at radius 3 is 2.63 bits per heavy atom. The van der Waals surface area contributed by atoms with Gasteiger partial charge >= 0.3 is 0 Å². The van der Waals surface area contributed by atoms with Gasteiger partial charge in [0, 0.05) is 11.4 Å². The normalized spacial score (nSPS) is 10.3. The van der Waals surface area contributed by atoms with Crippen LogP contribution in [0.25, 0.3) is 0 Å². The average molecular weight is 299 g/mol. The third-order valence-corrected chi connectivity index (χ3v) is 3.18. The van der Waals surface area contributed by atoms with Crippen LogP contribution in [0.5, 0.6) is 0 Å². The molecule has 0 unspecified atom stereocenters. The van der Waals surface area contributed by atoms with Crippen molar-refractivity contribution < 1.29 is 9.18 Å². The number of nitrogen functional groups attached to an aromatic ring is 1. The van der Waals surface area contributed by atoms with E-state index in [1.165, 1.54) is 30.3 Å². The van der Waals surface area contributed by atoms with Crippen LogP contribution in [-0.2, 0) is 0 Å². The summed E-state index contributed by atoms with van der Waals surface area (Å²) in [6.07, 6.45) is 0. The van der Waals surface area contributed by atoms with Gasteiger partial charge in [-0.3, -0.25) is 4.79 Å². The Kier molecular flexibility index (Phi) is 3.93. The molecule has 0 aliphatic heterocycles. The SMILES string of the molecule is Nc1cc(Cl)c(Cl)c(C(=O)Nc2cccc(F)c2)c1. The second kappa shape index (κ2) is 5.47. The van der Waals surface area contributed by atoms with Crippen LogP contribution in [0.4, 0.5) is 15.8 Å². The smallest absolute Gasteiger partial charge is 0.257 e. The molecule has 3 nitrogen and oxygen atoms in total. The lowest BCUT2D eigenvalue weighted by atomic mass is 10.2. The Morgan fingerprint density at radius 1 is 1.21 bits per heavy atom. The monoisotopic (exact) mass is 298 g/mol. The minimum absolute atomic E-state index is 0.102. The highest BCUT2D eigenvalue weighted by molar-refractivity contribution is 6.44. The summed E-state index contributed by atoms with van der Waals surface area (Å²) in [5, 5.41) is 2.80. The van der Waals surface area contributed by atoms with E-state index in [1.807, 2.05) is 0 Å². The molecule has 0 saturated heterocycles. The Hall–Kier alpha value is -1.78. The maximum Gasteiger partial charge on any atom is 0.257 e. The fourth-order valence-corrected chi connectivity index (χ4v) is 1.96. The van der Waals surface area contributed by atoms with Gasteiger partial charge in [0.05, 0.1) is 15.6 Å². The molecule has 0 heterocycles. The Bertz CT molecular complexity index is 647. The van der Waals surface area contributed by atoms with Crippen LogP contribution in [0.3, 0.4) is 0 Å². The van der Waals surface area contributed by atoms with Gasteiger partial charge in [-0.1, -0.05) is 29.3 Å². The summed E-state index contributed by atoms with van der Waals surface area (Å²) in [5.41, 5.74) is 6.37. The van der Waals surface area contributed by atoms with Gasteiger partial charge in [0.15, 0.2) is 0 Å². The number of carbonyl (C=O) groups is 1. The maximum absolute atomic E-state index is 13.0. The molecule has 0 atom stereocenters. The molecule has 0 aromatic heterocycles. The van der Waals surface area contributed by atoms with Crippen LogP contribution in [0.2, 0.25) is 10.0 Å². The molecular formula is C13H9Cl2FN2O. The van der Waals surface area contributed by atoms with Gasteiger partial charge < -0.3 is 11.1 Å². The van der Waals surface area contributed by atoms with E-state index < -0.39 is 11.7 Å². The molecule has 3 N–H and O–H groups in total. The largest absolute Gasteiger partial charge is 0.399 e. The van der Waals surface area contributed by atoms with E-state index in [0.29, 0.717) is 11.4 Å². The molecular weight excluding hydrogens is 290 g/mol. The Labute approximate surface area is 119 Å². The fraction of sp³-hybridized carbons (Fsp3) is 0. The first kappa shape index (κ1) is 13.6. The molecule has 1 amide bonds. The molecule has 0 fully saturated rings. The fourth-order valence-electron chi connectivity index (χ4n) is 1.54. The van der Waals surface area contributed by atoms with E-state index in [-0.39, 0.29) is 15.6 Å². The van der Waals surface area contributed by atoms with Gasteiger partial charge in [-0.25, -0.2) is 4.39 Å². The van der Waals surface area contributed by atoms with Crippen molar-refractivity contribution in [2.75, 3.05) is 11.1 Å². The van der Waals surface area contributed by atoms with Gasteiger partial charge in [0.2, 0.25) is 0 Å². The van der Waals surface area contributed by atoms with Gasteiger partial charge in [-0.2, -0.15) is 0 Å². The van der Waals surface area contributed by atoms with E-state index in [9.17, 15) is 9.18 Å². The first-order chi connectivity index (χ1) is 8.97. The number of anilines is 2. The van der Waals surface area contributed by atoms with Crippen LogP contribution < -0.4 is 11.1 Å². The second-order valence-corrected chi connectivity index (χ2v) is 4.61. The lowest BCUT2D eigenvalue weighted by molar-refractivity contribution is 0.102. The summed E-state index contributed by atoms with van der Waals surface area (Å²) < 4.78 is 13.0. The second-order valence-electron chi connectivity index (χ2n) is 3.83. The average Bonchev–Trinajstić information content (AvgIpc) is 2.33. The van der Waals surface area contributed by atoms with Crippen molar-refractivity contribution in [3.8, 4) is 0 Å². The summed E-state index contributed by atoms with van der Waals surface area (Å²) in [6.45, 7) is 0. The molecule has 0 bridgehead atoms. The number of nitrogens with two attached hydrogens (primary N) is 1. The molecule has 2 aromatic carbocycles. The highest BCUT2D eigenvalue weighted by atomic mass is 35.5. The van der Waals surface area contributed by atoms with Crippen molar-refractivity contribution in [2.45, 2.75) is 0 Å². The van der Waals surface area contributed by atoms with Gasteiger partial charge in [0.25, 0.3) is 5.91 Å². The zero-order valence-electron chi connectivity index (χ0n) is 9.58. The molecule has 6 heteroatoms. The van der Waals surface area contributed by atoms with E-state index >= 15 is 0 Å². The van der Waals surface area contributed by atoms with Gasteiger partial charge in [-0.05, 0) is 30.3 Å². The van der Waals surface area contributed by atoms with Gasteiger partial charge in [0.1, 0.15) is 5.82 Å². The summed E-state index contributed by atoms with van der Waals surface area (Å²) in [6, 6.07) is 8.37. The minimum atomic E-state index is -0.509. The van der Waals surface area contributed by atoms with Crippen molar-refractivity contribution in [3.63, 3.8) is 0 Å². The number of nitrogens with one attached hydrogen (secondary N) is 1. The molecule has 0 spiro atoms. The predicted molar refractivity (Wildman–Crippen MR) is 75.2 cm³/mol. The highest BCUT2D eigenvalue weighted by Gasteiger charge is 2.14. The van der Waals surface area contributed by atoms with Crippen molar-refractivity contribution in [1.82, 2.24) is 0 Å². The maximum atomic E-state index is 13.0.